The van der Waals surface area contributed by atoms with Gasteiger partial charge in [0.1, 0.15) is 0 Å². The van der Waals surface area contributed by atoms with Crippen LogP contribution >= 0.6 is 22.5 Å². The van der Waals surface area contributed by atoms with Crippen LogP contribution in [0.4, 0.5) is 11.4 Å². The molecule has 0 aliphatic carbocycles. The van der Waals surface area contributed by atoms with E-state index in [1.165, 1.54) is 24.6 Å². The fraction of sp³-hybridized carbons (Fsp3) is 0.200. The summed E-state index contributed by atoms with van der Waals surface area (Å²) in [4.78, 5) is 22.8. The zero-order valence-corrected chi connectivity index (χ0v) is 10.6. The van der Waals surface area contributed by atoms with Crippen LogP contribution in [0.3, 0.4) is 0 Å². The molecule has 4 nitrogen and oxygen atoms in total. The normalized spacial score (nSPS) is 9.69. The number of carbonyl (C=O) groups is 2. The molecule has 0 radical (unpaired) electrons. The molecule has 0 saturated carbocycles. The molecule has 0 aromatic heterocycles. The number of hydrogen-bond acceptors (Lipinski definition) is 4. The summed E-state index contributed by atoms with van der Waals surface area (Å²) in [5, 5.41) is 5.33. The van der Waals surface area contributed by atoms with Gasteiger partial charge in [-0.25, -0.2) is 0 Å². The van der Waals surface area contributed by atoms with Gasteiger partial charge in [0, 0.05) is 18.7 Å². The Kier molecular flexibility index (Phi) is 4.70. The van der Waals surface area contributed by atoms with Gasteiger partial charge in [-0.15, -0.1) is 11.7 Å². The lowest BCUT2D eigenvalue weighted by atomic mass is 10.2. The van der Waals surface area contributed by atoms with Crippen molar-refractivity contribution in [2.24, 2.45) is 0 Å². The second kappa shape index (κ2) is 5.81. The van der Waals surface area contributed by atoms with E-state index in [0.29, 0.717) is 11.4 Å². The maximum Gasteiger partial charge on any atom is 0.221 e. The highest BCUT2D eigenvalue weighted by atomic mass is 33.1. The predicted molar refractivity (Wildman–Crippen MR) is 69.9 cm³/mol. The Balaban J connectivity index is 3.14. The summed E-state index contributed by atoms with van der Waals surface area (Å²) in [5.74, 6) is -0.380. The highest BCUT2D eigenvalue weighted by Crippen LogP contribution is 2.35. The van der Waals surface area contributed by atoms with Crippen molar-refractivity contribution in [1.29, 1.82) is 0 Å². The quantitative estimate of drug-likeness (QED) is 0.575. The van der Waals surface area contributed by atoms with Crippen molar-refractivity contribution in [3.8, 4) is 0 Å². The monoisotopic (exact) mass is 256 g/mol. The number of rotatable bonds is 3. The van der Waals surface area contributed by atoms with Crippen LogP contribution < -0.4 is 10.6 Å². The predicted octanol–water partition coefficient (Wildman–Crippen LogP) is 2.54. The Bertz CT molecular complexity index is 421. The van der Waals surface area contributed by atoms with Crippen molar-refractivity contribution in [3.05, 3.63) is 18.2 Å². The summed E-state index contributed by atoms with van der Waals surface area (Å²) in [6, 6.07) is 5.32. The van der Waals surface area contributed by atoms with E-state index < -0.39 is 0 Å². The molecule has 2 amide bonds. The largest absolute Gasteiger partial charge is 0.324 e. The van der Waals surface area contributed by atoms with Crippen molar-refractivity contribution in [1.82, 2.24) is 0 Å². The van der Waals surface area contributed by atoms with Gasteiger partial charge in [-0.3, -0.25) is 9.59 Å². The first kappa shape index (κ1) is 12.9. The third-order valence-corrected chi connectivity index (χ3v) is 2.86. The van der Waals surface area contributed by atoms with E-state index in [-0.39, 0.29) is 11.8 Å². The van der Waals surface area contributed by atoms with Crippen molar-refractivity contribution >= 4 is 45.6 Å². The summed E-state index contributed by atoms with van der Waals surface area (Å²) >= 11 is 4.09. The van der Waals surface area contributed by atoms with E-state index in [9.17, 15) is 9.59 Å². The van der Waals surface area contributed by atoms with E-state index in [1.54, 1.807) is 12.1 Å². The number of anilines is 2. The number of amides is 2. The van der Waals surface area contributed by atoms with Crippen molar-refractivity contribution < 1.29 is 9.59 Å². The van der Waals surface area contributed by atoms with Crippen LogP contribution in [0.2, 0.25) is 0 Å². The first-order valence-electron chi connectivity index (χ1n) is 4.54. The Labute approximate surface area is 103 Å². The summed E-state index contributed by atoms with van der Waals surface area (Å²) in [5.41, 5.74) is 1.15. The fourth-order valence-electron chi connectivity index (χ4n) is 1.21. The molecule has 1 aromatic carbocycles. The van der Waals surface area contributed by atoms with Crippen LogP contribution in [-0.2, 0) is 9.59 Å². The molecule has 0 spiro atoms. The van der Waals surface area contributed by atoms with Crippen LogP contribution in [0.1, 0.15) is 13.8 Å². The zero-order valence-electron chi connectivity index (χ0n) is 8.90. The average Bonchev–Trinajstić information content (AvgIpc) is 2.19. The Morgan fingerprint density at radius 1 is 1.19 bits per heavy atom. The molecule has 0 bridgehead atoms. The highest BCUT2D eigenvalue weighted by Gasteiger charge is 2.10. The van der Waals surface area contributed by atoms with E-state index >= 15 is 0 Å². The molecule has 1 aromatic rings. The lowest BCUT2D eigenvalue weighted by molar-refractivity contribution is -0.115. The number of benzene rings is 1. The molecule has 16 heavy (non-hydrogen) atoms. The molecule has 0 unspecified atom stereocenters. The molecule has 0 atom stereocenters. The minimum atomic E-state index is -0.193. The van der Waals surface area contributed by atoms with Crippen LogP contribution in [0.15, 0.2) is 23.1 Å². The topological polar surface area (TPSA) is 58.2 Å². The minimum Gasteiger partial charge on any atom is -0.324 e. The molecule has 0 aliphatic heterocycles. The van der Waals surface area contributed by atoms with Gasteiger partial charge in [0.25, 0.3) is 0 Å². The van der Waals surface area contributed by atoms with Crippen molar-refractivity contribution in [3.63, 3.8) is 0 Å². The zero-order chi connectivity index (χ0) is 12.1. The van der Waals surface area contributed by atoms with Gasteiger partial charge >= 0.3 is 0 Å². The maximum atomic E-state index is 11.1. The van der Waals surface area contributed by atoms with Gasteiger partial charge in [-0.1, -0.05) is 16.9 Å². The molecule has 6 heteroatoms. The lowest BCUT2D eigenvalue weighted by Gasteiger charge is -2.13. The van der Waals surface area contributed by atoms with Crippen molar-refractivity contribution in [2.75, 3.05) is 10.6 Å². The van der Waals surface area contributed by atoms with Crippen LogP contribution in [0.5, 0.6) is 0 Å². The Morgan fingerprint density at radius 3 is 2.31 bits per heavy atom. The Hall–Kier alpha value is -1.14. The minimum absolute atomic E-state index is 0.187. The second-order valence-electron chi connectivity index (χ2n) is 3.13. The van der Waals surface area contributed by atoms with Gasteiger partial charge in [-0.2, -0.15) is 0 Å². The summed E-state index contributed by atoms with van der Waals surface area (Å²) in [6.45, 7) is 2.83. The molecule has 0 saturated heterocycles. The molecular weight excluding hydrogens is 244 g/mol. The number of thiol groups is 1. The second-order valence-corrected chi connectivity index (χ2v) is 4.30. The lowest BCUT2D eigenvalue weighted by Crippen LogP contribution is -2.12. The van der Waals surface area contributed by atoms with Gasteiger partial charge < -0.3 is 10.6 Å². The summed E-state index contributed by atoms with van der Waals surface area (Å²) in [6.07, 6.45) is 0. The highest BCUT2D eigenvalue weighted by molar-refractivity contribution is 8.68. The SMILES string of the molecule is CC(=O)Nc1cccc(SS)c1NC(C)=O. The van der Waals surface area contributed by atoms with Crippen LogP contribution in [-0.4, -0.2) is 11.8 Å². The summed E-state index contributed by atoms with van der Waals surface area (Å²) in [7, 11) is 1.21. The van der Waals surface area contributed by atoms with Gasteiger partial charge in [-0.05, 0) is 12.1 Å². The molecule has 1 rings (SSSR count). The average molecular weight is 256 g/mol. The third-order valence-electron chi connectivity index (χ3n) is 1.74. The fourth-order valence-corrected chi connectivity index (χ4v) is 2.05. The number of para-hydroxylation sites is 1. The standard InChI is InChI=1S/C10H12N2O2S2/c1-6(13)11-8-4-3-5-9(16-15)10(8)12-7(2)14/h3-5,15H,1-2H3,(H,11,13)(H,12,14). The smallest absolute Gasteiger partial charge is 0.221 e. The first-order valence-corrected chi connectivity index (χ1v) is 6.41. The number of hydrogen-bond donors (Lipinski definition) is 3. The van der Waals surface area contributed by atoms with Gasteiger partial charge in [0.05, 0.1) is 11.4 Å². The molecule has 0 fully saturated rings. The summed E-state index contributed by atoms with van der Waals surface area (Å²) < 4.78 is 0. The maximum absolute atomic E-state index is 11.1. The molecule has 86 valence electrons. The van der Waals surface area contributed by atoms with Crippen LogP contribution in [0.25, 0.3) is 0 Å². The van der Waals surface area contributed by atoms with E-state index in [0.717, 1.165) is 4.90 Å². The van der Waals surface area contributed by atoms with E-state index in [4.69, 9.17) is 0 Å². The third kappa shape index (κ3) is 3.46. The van der Waals surface area contributed by atoms with E-state index in [2.05, 4.69) is 22.3 Å². The van der Waals surface area contributed by atoms with Crippen molar-refractivity contribution in [2.45, 2.75) is 18.7 Å². The van der Waals surface area contributed by atoms with E-state index in [1.807, 2.05) is 6.07 Å². The van der Waals surface area contributed by atoms with Crippen LogP contribution in [0, 0.1) is 0 Å². The van der Waals surface area contributed by atoms with Gasteiger partial charge in [0.2, 0.25) is 11.8 Å². The van der Waals surface area contributed by atoms with Gasteiger partial charge in [0.15, 0.2) is 0 Å². The molecule has 0 heterocycles. The molecule has 0 aliphatic rings. The first-order chi connectivity index (χ1) is 7.54. The number of carbonyl (C=O) groups excluding carboxylic acids is 2. The Morgan fingerprint density at radius 2 is 1.81 bits per heavy atom. The number of nitrogens with one attached hydrogen (secondary N) is 2. The molecular formula is C10H12N2O2S2. The molecule has 2 N–H and O–H groups in total.